The van der Waals surface area contributed by atoms with Crippen LogP contribution in [-0.2, 0) is 0 Å². The molecule has 0 radical (unpaired) electrons. The molecule has 158 valence electrons. The summed E-state index contributed by atoms with van der Waals surface area (Å²) in [4.78, 5) is 32.1. The Bertz CT molecular complexity index is 1130. The number of aromatic nitrogens is 2. The van der Waals surface area contributed by atoms with Gasteiger partial charge in [-0.05, 0) is 51.0 Å². The summed E-state index contributed by atoms with van der Waals surface area (Å²) in [5.74, 6) is 0.229. The van der Waals surface area contributed by atoms with Crippen molar-refractivity contribution in [3.8, 4) is 5.69 Å². The number of halogens is 1. The van der Waals surface area contributed by atoms with Gasteiger partial charge in [-0.15, -0.1) is 0 Å². The second kappa shape index (κ2) is 8.11. The molecule has 3 aromatic rings. The highest BCUT2D eigenvalue weighted by atomic mass is 35.5. The van der Waals surface area contributed by atoms with Gasteiger partial charge in [0.05, 0.1) is 27.7 Å². The number of benzene rings is 2. The van der Waals surface area contributed by atoms with Crippen LogP contribution in [0.15, 0.2) is 53.3 Å². The van der Waals surface area contributed by atoms with Gasteiger partial charge in [0.1, 0.15) is 5.82 Å². The third-order valence-corrected chi connectivity index (χ3v) is 5.31. The van der Waals surface area contributed by atoms with Crippen molar-refractivity contribution in [2.24, 2.45) is 5.92 Å². The zero-order valence-corrected chi connectivity index (χ0v) is 18.5. The Morgan fingerprint density at radius 2 is 1.73 bits per heavy atom. The minimum absolute atomic E-state index is 0.140. The first-order valence-electron chi connectivity index (χ1n) is 9.83. The van der Waals surface area contributed by atoms with Crippen LogP contribution in [0.5, 0.6) is 0 Å². The minimum Gasteiger partial charge on any atom is -0.465 e. The van der Waals surface area contributed by atoms with Crippen molar-refractivity contribution in [3.05, 3.63) is 69.7 Å². The van der Waals surface area contributed by atoms with Crippen LogP contribution in [-0.4, -0.2) is 31.2 Å². The first kappa shape index (κ1) is 21.8. The molecule has 0 spiro atoms. The lowest BCUT2D eigenvalue weighted by atomic mass is 9.95. The van der Waals surface area contributed by atoms with Crippen molar-refractivity contribution in [2.75, 3.05) is 0 Å². The summed E-state index contributed by atoms with van der Waals surface area (Å²) in [6.07, 6.45) is -1.07. The molecule has 0 aliphatic heterocycles. The van der Waals surface area contributed by atoms with Crippen molar-refractivity contribution in [2.45, 2.75) is 46.2 Å². The molecule has 1 amide bonds. The fourth-order valence-corrected chi connectivity index (χ4v) is 4.02. The average molecular weight is 428 g/mol. The van der Waals surface area contributed by atoms with E-state index in [9.17, 15) is 14.7 Å². The van der Waals surface area contributed by atoms with Gasteiger partial charge in [0.15, 0.2) is 0 Å². The van der Waals surface area contributed by atoms with Crippen LogP contribution in [0.25, 0.3) is 16.6 Å². The maximum atomic E-state index is 13.6. The molecule has 1 heterocycles. The molecule has 0 aliphatic rings. The van der Waals surface area contributed by atoms with Crippen LogP contribution in [0.3, 0.4) is 0 Å². The predicted octanol–water partition coefficient (Wildman–Crippen LogP) is 5.51. The molecule has 1 N–H and O–H groups in total. The lowest BCUT2D eigenvalue weighted by Crippen LogP contribution is -2.50. The molecular weight excluding hydrogens is 402 g/mol. The van der Waals surface area contributed by atoms with E-state index in [1.807, 2.05) is 52.8 Å². The molecule has 1 unspecified atom stereocenters. The largest absolute Gasteiger partial charge is 0.465 e. The zero-order valence-electron chi connectivity index (χ0n) is 17.8. The standard InChI is InChI=1S/C23H26ClN3O3/c1-14(2)19(27(22(29)30)23(3,4)5)20-25-17-13-9-12-16(24)18(17)21(28)26(20)15-10-7-6-8-11-15/h6-14,19H,1-5H3,(H,29,30). The van der Waals surface area contributed by atoms with Crippen molar-refractivity contribution in [1.82, 2.24) is 14.5 Å². The Kier molecular flexibility index (Phi) is 5.90. The number of fused-ring (bicyclic) bond motifs is 1. The Labute approximate surface area is 180 Å². The maximum absolute atomic E-state index is 13.6. The minimum atomic E-state index is -1.07. The summed E-state index contributed by atoms with van der Waals surface area (Å²) in [5, 5.41) is 10.7. The van der Waals surface area contributed by atoms with Crippen LogP contribution in [0, 0.1) is 5.92 Å². The number of amides is 1. The lowest BCUT2D eigenvalue weighted by molar-refractivity contribution is 0.0492. The summed E-state index contributed by atoms with van der Waals surface area (Å²) in [6.45, 7) is 9.35. The van der Waals surface area contributed by atoms with Crippen molar-refractivity contribution in [1.29, 1.82) is 0 Å². The maximum Gasteiger partial charge on any atom is 0.408 e. The van der Waals surface area contributed by atoms with E-state index in [0.29, 0.717) is 27.4 Å². The Morgan fingerprint density at radius 1 is 1.10 bits per heavy atom. The average Bonchev–Trinajstić information content (AvgIpc) is 2.64. The van der Waals surface area contributed by atoms with E-state index in [2.05, 4.69) is 0 Å². The third-order valence-electron chi connectivity index (χ3n) is 4.99. The highest BCUT2D eigenvalue weighted by Crippen LogP contribution is 2.35. The smallest absolute Gasteiger partial charge is 0.408 e. The van der Waals surface area contributed by atoms with Gasteiger partial charge in [-0.1, -0.05) is 49.7 Å². The van der Waals surface area contributed by atoms with Crippen LogP contribution < -0.4 is 5.56 Å². The number of hydrogen-bond acceptors (Lipinski definition) is 3. The SMILES string of the molecule is CC(C)C(c1nc2cccc(Cl)c2c(=O)n1-c1ccccc1)N(C(=O)O)C(C)(C)C. The monoisotopic (exact) mass is 427 g/mol. The van der Waals surface area contributed by atoms with Crippen LogP contribution in [0.1, 0.15) is 46.5 Å². The molecule has 1 aromatic heterocycles. The van der Waals surface area contributed by atoms with Gasteiger partial charge in [0.2, 0.25) is 0 Å². The van der Waals surface area contributed by atoms with Gasteiger partial charge < -0.3 is 5.11 Å². The zero-order chi connectivity index (χ0) is 22.2. The van der Waals surface area contributed by atoms with Crippen LogP contribution in [0.2, 0.25) is 5.02 Å². The summed E-state index contributed by atoms with van der Waals surface area (Å²) in [7, 11) is 0. The van der Waals surface area contributed by atoms with E-state index in [1.54, 1.807) is 30.3 Å². The molecule has 0 aliphatic carbocycles. The number of para-hydroxylation sites is 1. The lowest BCUT2D eigenvalue weighted by Gasteiger charge is -2.41. The first-order chi connectivity index (χ1) is 14.0. The number of nitrogens with zero attached hydrogens (tertiary/aromatic N) is 3. The molecule has 0 saturated carbocycles. The van der Waals surface area contributed by atoms with E-state index >= 15 is 0 Å². The molecular formula is C23H26ClN3O3. The van der Waals surface area contributed by atoms with Crippen LogP contribution >= 0.6 is 11.6 Å². The second-order valence-corrected chi connectivity index (χ2v) is 9.00. The number of carbonyl (C=O) groups is 1. The summed E-state index contributed by atoms with van der Waals surface area (Å²) in [5.41, 5.74) is 0.0246. The highest BCUT2D eigenvalue weighted by molar-refractivity contribution is 6.35. The van der Waals surface area contributed by atoms with Gasteiger partial charge >= 0.3 is 6.09 Å². The summed E-state index contributed by atoms with van der Waals surface area (Å²) in [6, 6.07) is 13.6. The summed E-state index contributed by atoms with van der Waals surface area (Å²) >= 11 is 6.34. The summed E-state index contributed by atoms with van der Waals surface area (Å²) < 4.78 is 1.49. The van der Waals surface area contributed by atoms with E-state index in [4.69, 9.17) is 16.6 Å². The number of rotatable bonds is 4. The van der Waals surface area contributed by atoms with E-state index in [0.717, 1.165) is 0 Å². The fourth-order valence-electron chi connectivity index (χ4n) is 3.77. The quantitative estimate of drug-likeness (QED) is 0.595. The Morgan fingerprint density at radius 3 is 2.27 bits per heavy atom. The fraction of sp³-hybridized carbons (Fsp3) is 0.348. The molecule has 0 saturated heterocycles. The topological polar surface area (TPSA) is 75.4 Å². The molecule has 6 nitrogen and oxygen atoms in total. The van der Waals surface area contributed by atoms with E-state index in [-0.39, 0.29) is 11.5 Å². The molecule has 7 heteroatoms. The van der Waals surface area contributed by atoms with Gasteiger partial charge in [0.25, 0.3) is 5.56 Å². The van der Waals surface area contributed by atoms with Crippen LogP contribution in [0.4, 0.5) is 4.79 Å². The number of hydrogen-bond donors (Lipinski definition) is 1. The molecule has 0 fully saturated rings. The van der Waals surface area contributed by atoms with E-state index in [1.165, 1.54) is 9.47 Å². The van der Waals surface area contributed by atoms with Gasteiger partial charge in [-0.3, -0.25) is 14.3 Å². The highest BCUT2D eigenvalue weighted by Gasteiger charge is 2.39. The molecule has 30 heavy (non-hydrogen) atoms. The van der Waals surface area contributed by atoms with Gasteiger partial charge in [0, 0.05) is 5.54 Å². The van der Waals surface area contributed by atoms with Crippen molar-refractivity contribution in [3.63, 3.8) is 0 Å². The van der Waals surface area contributed by atoms with Crippen molar-refractivity contribution < 1.29 is 9.90 Å². The van der Waals surface area contributed by atoms with Crippen molar-refractivity contribution >= 4 is 28.6 Å². The van der Waals surface area contributed by atoms with E-state index < -0.39 is 17.7 Å². The molecule has 3 rings (SSSR count). The Balaban J connectivity index is 2.46. The molecule has 2 aromatic carbocycles. The van der Waals surface area contributed by atoms with Gasteiger partial charge in [-0.25, -0.2) is 9.78 Å². The Hall–Kier alpha value is -2.86. The van der Waals surface area contributed by atoms with Gasteiger partial charge in [-0.2, -0.15) is 0 Å². The first-order valence-corrected chi connectivity index (χ1v) is 10.2. The normalized spacial score (nSPS) is 12.9. The number of carboxylic acid groups (broad SMARTS) is 1. The predicted molar refractivity (Wildman–Crippen MR) is 120 cm³/mol. The third kappa shape index (κ3) is 3.92. The molecule has 1 atom stereocenters. The second-order valence-electron chi connectivity index (χ2n) is 8.59. The molecule has 0 bridgehead atoms.